The number of benzene rings is 2. The van der Waals surface area contributed by atoms with E-state index in [1.807, 2.05) is 29.2 Å². The standard InChI is InChI=1S/C20H18FN3O4/c1-27-19(25)16-10-11-23(17-5-3-2-4-15(16)17)12-24-20(26)28-18(22-24)13-6-8-14(21)9-7-13/h2-9,16H,10-12H2,1H3/t16-/m0/s1. The first-order chi connectivity index (χ1) is 13.6. The SMILES string of the molecule is COC(=O)[C@H]1CCN(Cn2nc(-c3ccc(F)cc3)oc2=O)c2ccccc21. The Kier molecular flexibility index (Phi) is 4.68. The van der Waals surface area contributed by atoms with Crippen LogP contribution in [0.15, 0.2) is 57.7 Å². The van der Waals surface area contributed by atoms with Gasteiger partial charge in [-0.25, -0.2) is 9.18 Å². The third-order valence-electron chi connectivity index (χ3n) is 4.83. The van der Waals surface area contributed by atoms with Gasteiger partial charge in [0, 0.05) is 17.8 Å². The summed E-state index contributed by atoms with van der Waals surface area (Å²) in [4.78, 5) is 26.3. The smallest absolute Gasteiger partial charge is 0.439 e. The van der Waals surface area contributed by atoms with Crippen LogP contribution in [0.1, 0.15) is 17.9 Å². The highest BCUT2D eigenvalue weighted by atomic mass is 19.1. The number of anilines is 1. The van der Waals surface area contributed by atoms with E-state index in [1.54, 1.807) is 0 Å². The molecule has 0 saturated heterocycles. The lowest BCUT2D eigenvalue weighted by Gasteiger charge is -2.34. The summed E-state index contributed by atoms with van der Waals surface area (Å²) in [5, 5.41) is 4.23. The highest BCUT2D eigenvalue weighted by Gasteiger charge is 2.31. The molecular formula is C20H18FN3O4. The molecule has 0 saturated carbocycles. The molecule has 0 N–H and O–H groups in total. The lowest BCUT2D eigenvalue weighted by molar-refractivity contribution is -0.142. The molecule has 1 aliphatic rings. The Balaban J connectivity index is 1.62. The predicted molar refractivity (Wildman–Crippen MR) is 99.3 cm³/mol. The Morgan fingerprint density at radius 3 is 2.75 bits per heavy atom. The fraction of sp³-hybridized carbons (Fsp3) is 0.250. The molecule has 8 heteroatoms. The molecule has 0 spiro atoms. The van der Waals surface area contributed by atoms with Gasteiger partial charge in [-0.05, 0) is 42.3 Å². The fourth-order valence-corrected chi connectivity index (χ4v) is 3.43. The van der Waals surface area contributed by atoms with E-state index in [0.717, 1.165) is 11.3 Å². The van der Waals surface area contributed by atoms with Gasteiger partial charge in [0.25, 0.3) is 0 Å². The molecule has 2 heterocycles. The van der Waals surface area contributed by atoms with Crippen LogP contribution < -0.4 is 10.7 Å². The maximum atomic E-state index is 13.1. The van der Waals surface area contributed by atoms with Gasteiger partial charge in [-0.3, -0.25) is 4.79 Å². The topological polar surface area (TPSA) is 77.6 Å². The molecule has 2 aromatic carbocycles. The van der Waals surface area contributed by atoms with Gasteiger partial charge in [0.1, 0.15) is 12.5 Å². The third kappa shape index (κ3) is 3.28. The highest BCUT2D eigenvalue weighted by Crippen LogP contribution is 2.36. The second-order valence-electron chi connectivity index (χ2n) is 6.51. The van der Waals surface area contributed by atoms with E-state index in [4.69, 9.17) is 9.15 Å². The number of methoxy groups -OCH3 is 1. The minimum atomic E-state index is -0.605. The quantitative estimate of drug-likeness (QED) is 0.645. The summed E-state index contributed by atoms with van der Waals surface area (Å²) in [5.74, 6) is -1.46. The molecule has 7 nitrogen and oxygen atoms in total. The zero-order valence-electron chi connectivity index (χ0n) is 15.2. The molecule has 28 heavy (non-hydrogen) atoms. The predicted octanol–water partition coefficient (Wildman–Crippen LogP) is 2.77. The summed E-state index contributed by atoms with van der Waals surface area (Å²) in [5.41, 5.74) is 2.22. The van der Waals surface area contributed by atoms with Gasteiger partial charge in [0.05, 0.1) is 13.0 Å². The third-order valence-corrected chi connectivity index (χ3v) is 4.83. The van der Waals surface area contributed by atoms with Crippen LogP contribution in [0.4, 0.5) is 10.1 Å². The van der Waals surface area contributed by atoms with Gasteiger partial charge < -0.3 is 14.1 Å². The summed E-state index contributed by atoms with van der Waals surface area (Å²) < 4.78 is 24.4. The van der Waals surface area contributed by atoms with Gasteiger partial charge in [-0.15, -0.1) is 5.10 Å². The number of carbonyl (C=O) groups excluding carboxylic acids is 1. The van der Waals surface area contributed by atoms with Crippen molar-refractivity contribution in [2.75, 3.05) is 18.6 Å². The zero-order chi connectivity index (χ0) is 19.7. The van der Waals surface area contributed by atoms with Gasteiger partial charge in [0.15, 0.2) is 0 Å². The summed E-state index contributed by atoms with van der Waals surface area (Å²) in [6, 6.07) is 13.1. The van der Waals surface area contributed by atoms with E-state index in [1.165, 1.54) is 36.1 Å². The number of ether oxygens (including phenoxy) is 1. The lowest BCUT2D eigenvalue weighted by atomic mass is 9.90. The average molecular weight is 383 g/mol. The van der Waals surface area contributed by atoms with Crippen molar-refractivity contribution in [1.82, 2.24) is 9.78 Å². The zero-order valence-corrected chi connectivity index (χ0v) is 15.2. The van der Waals surface area contributed by atoms with E-state index in [2.05, 4.69) is 5.10 Å². The maximum Gasteiger partial charge on any atom is 0.439 e. The monoisotopic (exact) mass is 383 g/mol. The minimum absolute atomic E-state index is 0.128. The van der Waals surface area contributed by atoms with E-state index >= 15 is 0 Å². The highest BCUT2D eigenvalue weighted by molar-refractivity contribution is 5.81. The van der Waals surface area contributed by atoms with Gasteiger partial charge >= 0.3 is 11.7 Å². The van der Waals surface area contributed by atoms with E-state index in [9.17, 15) is 14.0 Å². The molecule has 1 atom stereocenters. The number of hydrogen-bond acceptors (Lipinski definition) is 6. The second kappa shape index (κ2) is 7.30. The van der Waals surface area contributed by atoms with E-state index in [0.29, 0.717) is 18.5 Å². The van der Waals surface area contributed by atoms with Crippen molar-refractivity contribution < 1.29 is 18.3 Å². The number of hydrogen-bond donors (Lipinski definition) is 0. The Morgan fingerprint density at radius 2 is 2.00 bits per heavy atom. The number of carbonyl (C=O) groups is 1. The van der Waals surface area contributed by atoms with Crippen LogP contribution in [-0.4, -0.2) is 29.4 Å². The lowest BCUT2D eigenvalue weighted by Crippen LogP contribution is -2.37. The first-order valence-corrected chi connectivity index (χ1v) is 8.82. The van der Waals surface area contributed by atoms with Crippen molar-refractivity contribution in [1.29, 1.82) is 0 Å². The van der Waals surface area contributed by atoms with E-state index < -0.39 is 5.76 Å². The van der Waals surface area contributed by atoms with Crippen molar-refractivity contribution in [3.05, 3.63) is 70.5 Å². The summed E-state index contributed by atoms with van der Waals surface area (Å²) in [6.07, 6.45) is 0.571. The molecule has 1 aliphatic heterocycles. The first kappa shape index (κ1) is 18.0. The number of nitrogens with zero attached hydrogens (tertiary/aromatic N) is 3. The van der Waals surface area contributed by atoms with Crippen LogP contribution in [0.5, 0.6) is 0 Å². The van der Waals surface area contributed by atoms with Gasteiger partial charge in [-0.1, -0.05) is 18.2 Å². The van der Waals surface area contributed by atoms with Crippen molar-refractivity contribution in [3.8, 4) is 11.5 Å². The molecule has 144 valence electrons. The first-order valence-electron chi connectivity index (χ1n) is 8.82. The Labute approximate surface area is 160 Å². The van der Waals surface area contributed by atoms with Crippen LogP contribution in [0.3, 0.4) is 0 Å². The van der Waals surface area contributed by atoms with Crippen molar-refractivity contribution in [2.45, 2.75) is 19.0 Å². The van der Waals surface area contributed by atoms with Crippen molar-refractivity contribution in [3.63, 3.8) is 0 Å². The number of halogens is 1. The number of rotatable bonds is 4. The molecule has 1 aromatic heterocycles. The number of fused-ring (bicyclic) bond motifs is 1. The van der Waals surface area contributed by atoms with Crippen molar-refractivity contribution in [2.24, 2.45) is 0 Å². The molecule has 0 amide bonds. The molecular weight excluding hydrogens is 365 g/mol. The Bertz CT molecular complexity index is 1060. The Morgan fingerprint density at radius 1 is 1.25 bits per heavy atom. The molecule has 0 fully saturated rings. The Hall–Kier alpha value is -3.42. The molecule has 0 radical (unpaired) electrons. The number of aromatic nitrogens is 2. The van der Waals surface area contributed by atoms with Gasteiger partial charge in [-0.2, -0.15) is 4.68 Å². The van der Waals surface area contributed by atoms with Crippen LogP contribution in [0, 0.1) is 5.82 Å². The normalized spacial score (nSPS) is 15.9. The number of esters is 1. The van der Waals surface area contributed by atoms with Crippen molar-refractivity contribution >= 4 is 11.7 Å². The largest absolute Gasteiger partial charge is 0.469 e. The van der Waals surface area contributed by atoms with Crippen LogP contribution in [0.2, 0.25) is 0 Å². The number of para-hydroxylation sites is 1. The molecule has 4 rings (SSSR count). The van der Waals surface area contributed by atoms with Crippen LogP contribution in [-0.2, 0) is 16.2 Å². The van der Waals surface area contributed by atoms with E-state index in [-0.39, 0.29) is 30.3 Å². The second-order valence-corrected chi connectivity index (χ2v) is 6.51. The molecule has 0 aliphatic carbocycles. The van der Waals surface area contributed by atoms with Gasteiger partial charge in [0.2, 0.25) is 5.89 Å². The van der Waals surface area contributed by atoms with Crippen LogP contribution in [0.25, 0.3) is 11.5 Å². The molecule has 3 aromatic rings. The minimum Gasteiger partial charge on any atom is -0.469 e. The van der Waals surface area contributed by atoms with Crippen LogP contribution >= 0.6 is 0 Å². The average Bonchev–Trinajstić information content (AvgIpc) is 3.08. The molecule has 0 unspecified atom stereocenters. The fourth-order valence-electron chi connectivity index (χ4n) is 3.43. The maximum absolute atomic E-state index is 13.1. The summed E-state index contributed by atoms with van der Waals surface area (Å²) in [6.45, 7) is 0.733. The molecule has 0 bridgehead atoms. The summed E-state index contributed by atoms with van der Waals surface area (Å²) in [7, 11) is 1.38. The summed E-state index contributed by atoms with van der Waals surface area (Å²) >= 11 is 0.